The average Bonchev–Trinajstić information content (AvgIpc) is 2.66. The lowest BCUT2D eigenvalue weighted by Gasteiger charge is -2.19. The normalized spacial score (nSPS) is 16.3. The molecule has 0 radical (unpaired) electrons. The molecule has 1 aliphatic rings. The second-order valence-corrected chi connectivity index (χ2v) is 5.29. The molecule has 0 bridgehead atoms. The van der Waals surface area contributed by atoms with Crippen molar-refractivity contribution in [2.24, 2.45) is 0 Å². The van der Waals surface area contributed by atoms with Gasteiger partial charge in [-0.05, 0) is 12.8 Å². The Labute approximate surface area is 111 Å². The van der Waals surface area contributed by atoms with Crippen LogP contribution in [0.15, 0.2) is 17.4 Å². The largest absolute Gasteiger partial charge is 0.381 e. The van der Waals surface area contributed by atoms with Crippen molar-refractivity contribution in [1.29, 1.82) is 0 Å². The molecular weight excluding hydrogens is 248 g/mol. The van der Waals surface area contributed by atoms with E-state index in [0.29, 0.717) is 16.6 Å². The first-order valence-corrected chi connectivity index (χ1v) is 7.23. The van der Waals surface area contributed by atoms with E-state index in [1.807, 2.05) is 4.90 Å². The van der Waals surface area contributed by atoms with Crippen LogP contribution in [0, 0.1) is 0 Å². The van der Waals surface area contributed by atoms with Crippen LogP contribution in [-0.4, -0.2) is 39.6 Å². The van der Waals surface area contributed by atoms with E-state index in [2.05, 4.69) is 9.97 Å². The van der Waals surface area contributed by atoms with Crippen LogP contribution in [0.5, 0.6) is 0 Å². The van der Waals surface area contributed by atoms with E-state index in [9.17, 15) is 4.79 Å². The highest BCUT2D eigenvalue weighted by atomic mass is 32.2. The van der Waals surface area contributed by atoms with Gasteiger partial charge < -0.3 is 10.6 Å². The fourth-order valence-corrected chi connectivity index (χ4v) is 2.77. The average molecular weight is 266 g/mol. The second kappa shape index (κ2) is 6.58. The summed E-state index contributed by atoms with van der Waals surface area (Å²) in [5.74, 6) is 0.959. The minimum atomic E-state index is 0.173. The summed E-state index contributed by atoms with van der Waals surface area (Å²) >= 11 is 1.37. The topological polar surface area (TPSA) is 72.1 Å². The number of amides is 1. The van der Waals surface area contributed by atoms with Gasteiger partial charge in [0.2, 0.25) is 5.91 Å². The van der Waals surface area contributed by atoms with Gasteiger partial charge in [0.1, 0.15) is 5.03 Å². The molecule has 5 nitrogen and oxygen atoms in total. The minimum absolute atomic E-state index is 0.173. The van der Waals surface area contributed by atoms with Crippen molar-refractivity contribution >= 4 is 23.5 Å². The summed E-state index contributed by atoms with van der Waals surface area (Å²) in [7, 11) is 0. The molecule has 1 amide bonds. The van der Waals surface area contributed by atoms with Gasteiger partial charge in [0.05, 0.1) is 5.75 Å². The molecule has 0 saturated carbocycles. The number of nitrogens with zero attached hydrogens (tertiary/aromatic N) is 3. The molecular formula is C12H18N4OS. The monoisotopic (exact) mass is 266 g/mol. The highest BCUT2D eigenvalue weighted by molar-refractivity contribution is 8.00. The predicted octanol–water partition coefficient (Wildman–Crippen LogP) is 1.55. The van der Waals surface area contributed by atoms with E-state index in [4.69, 9.17) is 5.73 Å². The zero-order chi connectivity index (χ0) is 12.8. The van der Waals surface area contributed by atoms with Crippen molar-refractivity contribution in [3.8, 4) is 0 Å². The summed E-state index contributed by atoms with van der Waals surface area (Å²) in [5, 5.41) is 0.640. The first-order valence-electron chi connectivity index (χ1n) is 6.24. The molecule has 6 heteroatoms. The van der Waals surface area contributed by atoms with Gasteiger partial charge in [-0.15, -0.1) is 0 Å². The Morgan fingerprint density at radius 3 is 2.56 bits per heavy atom. The fourth-order valence-electron chi connectivity index (χ4n) is 1.99. The molecule has 1 saturated heterocycles. The van der Waals surface area contributed by atoms with Crippen molar-refractivity contribution in [3.63, 3.8) is 0 Å². The standard InChI is InChI=1S/C12H18N4OS/c13-11-12(15-6-5-14-11)18-9-10(17)16-7-3-1-2-4-8-16/h5-6H,1-4,7-9H2,(H2,13,14). The summed E-state index contributed by atoms with van der Waals surface area (Å²) < 4.78 is 0. The lowest BCUT2D eigenvalue weighted by Crippen LogP contribution is -2.33. The lowest BCUT2D eigenvalue weighted by atomic mass is 10.2. The predicted molar refractivity (Wildman–Crippen MR) is 72.2 cm³/mol. The molecule has 0 aromatic carbocycles. The molecule has 0 aliphatic carbocycles. The van der Waals surface area contributed by atoms with Crippen LogP contribution < -0.4 is 5.73 Å². The van der Waals surface area contributed by atoms with Gasteiger partial charge in [0, 0.05) is 25.5 Å². The van der Waals surface area contributed by atoms with Gasteiger partial charge in [-0.3, -0.25) is 4.79 Å². The Morgan fingerprint density at radius 2 is 1.89 bits per heavy atom. The summed E-state index contributed by atoms with van der Waals surface area (Å²) in [5.41, 5.74) is 5.69. The Kier molecular flexibility index (Phi) is 4.81. The number of nitrogen functional groups attached to an aromatic ring is 1. The maximum Gasteiger partial charge on any atom is 0.232 e. The third-order valence-corrected chi connectivity index (χ3v) is 3.96. The van der Waals surface area contributed by atoms with Crippen LogP contribution in [0.3, 0.4) is 0 Å². The molecule has 1 aromatic heterocycles. The van der Waals surface area contributed by atoms with Gasteiger partial charge in [-0.25, -0.2) is 9.97 Å². The van der Waals surface area contributed by atoms with E-state index >= 15 is 0 Å². The molecule has 1 fully saturated rings. The summed E-state index contributed by atoms with van der Waals surface area (Å²) in [6, 6.07) is 0. The Morgan fingerprint density at radius 1 is 1.22 bits per heavy atom. The van der Waals surface area contributed by atoms with Crippen molar-refractivity contribution in [2.45, 2.75) is 30.7 Å². The van der Waals surface area contributed by atoms with Crippen LogP contribution in [-0.2, 0) is 4.79 Å². The number of carbonyl (C=O) groups excluding carboxylic acids is 1. The first-order chi connectivity index (χ1) is 8.77. The van der Waals surface area contributed by atoms with Crippen molar-refractivity contribution in [3.05, 3.63) is 12.4 Å². The van der Waals surface area contributed by atoms with Crippen LogP contribution in [0.4, 0.5) is 5.82 Å². The molecule has 0 spiro atoms. The lowest BCUT2D eigenvalue weighted by molar-refractivity contribution is -0.128. The third kappa shape index (κ3) is 3.60. The van der Waals surface area contributed by atoms with E-state index in [1.165, 1.54) is 24.6 Å². The Balaban J connectivity index is 1.86. The third-order valence-electron chi connectivity index (χ3n) is 2.98. The summed E-state index contributed by atoms with van der Waals surface area (Å²) in [6.45, 7) is 1.77. The smallest absolute Gasteiger partial charge is 0.232 e. The minimum Gasteiger partial charge on any atom is -0.381 e. The van der Waals surface area contributed by atoms with Crippen LogP contribution in [0.25, 0.3) is 0 Å². The highest BCUT2D eigenvalue weighted by Gasteiger charge is 2.16. The number of likely N-dealkylation sites (tertiary alicyclic amines) is 1. The molecule has 2 rings (SSSR count). The molecule has 2 heterocycles. The van der Waals surface area contributed by atoms with Crippen molar-refractivity contribution in [1.82, 2.24) is 14.9 Å². The zero-order valence-corrected chi connectivity index (χ0v) is 11.2. The van der Waals surface area contributed by atoms with E-state index in [0.717, 1.165) is 25.9 Å². The molecule has 1 aromatic rings. The van der Waals surface area contributed by atoms with Gasteiger partial charge in [-0.2, -0.15) is 0 Å². The van der Waals surface area contributed by atoms with E-state index < -0.39 is 0 Å². The second-order valence-electron chi connectivity index (χ2n) is 4.33. The van der Waals surface area contributed by atoms with Crippen molar-refractivity contribution in [2.75, 3.05) is 24.6 Å². The maximum absolute atomic E-state index is 12.1. The number of nitrogens with two attached hydrogens (primary N) is 1. The molecule has 1 aliphatic heterocycles. The van der Waals surface area contributed by atoms with Gasteiger partial charge >= 0.3 is 0 Å². The first kappa shape index (κ1) is 13.1. The highest BCUT2D eigenvalue weighted by Crippen LogP contribution is 2.20. The number of thioether (sulfide) groups is 1. The number of aromatic nitrogens is 2. The number of hydrogen-bond acceptors (Lipinski definition) is 5. The van der Waals surface area contributed by atoms with Crippen LogP contribution >= 0.6 is 11.8 Å². The Hall–Kier alpha value is -1.30. The molecule has 98 valence electrons. The fraction of sp³-hybridized carbons (Fsp3) is 0.583. The van der Waals surface area contributed by atoms with E-state index in [-0.39, 0.29) is 5.91 Å². The molecule has 0 atom stereocenters. The summed E-state index contributed by atoms with van der Waals surface area (Å²) in [6.07, 6.45) is 7.83. The number of hydrogen-bond donors (Lipinski definition) is 1. The zero-order valence-electron chi connectivity index (χ0n) is 10.3. The molecule has 2 N–H and O–H groups in total. The van der Waals surface area contributed by atoms with Gasteiger partial charge in [0.25, 0.3) is 0 Å². The number of anilines is 1. The quantitative estimate of drug-likeness (QED) is 0.840. The Bertz CT molecular complexity index is 405. The number of carbonyl (C=O) groups is 1. The van der Waals surface area contributed by atoms with Crippen LogP contribution in [0.1, 0.15) is 25.7 Å². The summed E-state index contributed by atoms with van der Waals surface area (Å²) in [4.78, 5) is 22.1. The molecule has 0 unspecified atom stereocenters. The maximum atomic E-state index is 12.1. The van der Waals surface area contributed by atoms with Gasteiger partial charge in [-0.1, -0.05) is 24.6 Å². The SMILES string of the molecule is Nc1nccnc1SCC(=O)N1CCCCCC1. The van der Waals surface area contributed by atoms with Gasteiger partial charge in [0.15, 0.2) is 5.82 Å². The van der Waals surface area contributed by atoms with E-state index in [1.54, 1.807) is 12.4 Å². The number of rotatable bonds is 3. The van der Waals surface area contributed by atoms with Crippen LogP contribution in [0.2, 0.25) is 0 Å². The molecule has 18 heavy (non-hydrogen) atoms. The van der Waals surface area contributed by atoms with Crippen molar-refractivity contribution < 1.29 is 4.79 Å².